The molecule has 1 unspecified atom stereocenters. The smallest absolute Gasteiger partial charge is 0.337 e. The third-order valence-corrected chi connectivity index (χ3v) is 4.04. The van der Waals surface area contributed by atoms with E-state index in [-0.39, 0.29) is 17.4 Å². The molecule has 0 radical (unpaired) electrons. The van der Waals surface area contributed by atoms with Gasteiger partial charge in [0.25, 0.3) is 0 Å². The van der Waals surface area contributed by atoms with Gasteiger partial charge in [0.15, 0.2) is 0 Å². The number of aromatic carboxylic acids is 1. The van der Waals surface area contributed by atoms with E-state index in [1.807, 2.05) is 6.07 Å². The van der Waals surface area contributed by atoms with Gasteiger partial charge in [0, 0.05) is 24.7 Å². The fourth-order valence-electron chi connectivity index (χ4n) is 2.72. The molecule has 0 aromatic heterocycles. The van der Waals surface area contributed by atoms with Crippen molar-refractivity contribution in [3.63, 3.8) is 0 Å². The molecule has 22 heavy (non-hydrogen) atoms. The Bertz CT molecular complexity index is 569. The van der Waals surface area contributed by atoms with Crippen molar-refractivity contribution in [2.45, 2.75) is 33.6 Å². The molecular formula is C17H24N2O3. The Kier molecular flexibility index (Phi) is 5.06. The lowest BCUT2D eigenvalue weighted by Crippen LogP contribution is -2.34. The number of amides is 1. The molecule has 2 rings (SSSR count). The van der Waals surface area contributed by atoms with Gasteiger partial charge >= 0.3 is 5.97 Å². The summed E-state index contributed by atoms with van der Waals surface area (Å²) in [5.74, 6) is -0.778. The summed E-state index contributed by atoms with van der Waals surface area (Å²) in [5, 5.41) is 12.1. The zero-order chi connectivity index (χ0) is 16.3. The van der Waals surface area contributed by atoms with Crippen LogP contribution in [0, 0.1) is 11.8 Å². The number of nitrogens with zero attached hydrogens (tertiary/aromatic N) is 1. The molecule has 1 saturated heterocycles. The van der Waals surface area contributed by atoms with Crippen LogP contribution < -0.4 is 10.2 Å². The van der Waals surface area contributed by atoms with E-state index in [1.54, 1.807) is 26.0 Å². The minimum absolute atomic E-state index is 0.143. The zero-order valence-electron chi connectivity index (χ0n) is 13.4. The first-order valence-electron chi connectivity index (χ1n) is 7.81. The number of rotatable bonds is 4. The van der Waals surface area contributed by atoms with Gasteiger partial charge in [-0.05, 0) is 37.0 Å². The second kappa shape index (κ2) is 6.81. The fourth-order valence-corrected chi connectivity index (χ4v) is 2.72. The lowest BCUT2D eigenvalue weighted by atomic mass is 9.99. The summed E-state index contributed by atoms with van der Waals surface area (Å²) in [6, 6.07) is 5.25. The molecule has 2 N–H and O–H groups in total. The van der Waals surface area contributed by atoms with Crippen molar-refractivity contribution in [2.24, 2.45) is 11.8 Å². The number of carboxylic acid groups (broad SMARTS) is 1. The monoisotopic (exact) mass is 304 g/mol. The van der Waals surface area contributed by atoms with Crippen molar-refractivity contribution in [3.8, 4) is 0 Å². The van der Waals surface area contributed by atoms with Gasteiger partial charge in [-0.25, -0.2) is 4.79 Å². The first-order chi connectivity index (χ1) is 10.4. The van der Waals surface area contributed by atoms with Crippen LogP contribution >= 0.6 is 0 Å². The topological polar surface area (TPSA) is 69.6 Å². The molecular weight excluding hydrogens is 280 g/mol. The molecule has 5 heteroatoms. The van der Waals surface area contributed by atoms with Crippen LogP contribution in [0.15, 0.2) is 18.2 Å². The first kappa shape index (κ1) is 16.3. The van der Waals surface area contributed by atoms with Gasteiger partial charge in [0.1, 0.15) is 0 Å². The SMILES string of the molecule is CC1CCCN(c2ccc(NC(=O)C(C)C)c(C(=O)O)c2)C1. The molecule has 0 aliphatic carbocycles. The summed E-state index contributed by atoms with van der Waals surface area (Å²) in [5.41, 5.74) is 1.41. The Hall–Kier alpha value is -2.04. The molecule has 0 bridgehead atoms. The molecule has 1 atom stereocenters. The standard InChI is InChI=1S/C17H24N2O3/c1-11(2)16(20)18-15-7-6-13(9-14(15)17(21)22)19-8-4-5-12(3)10-19/h6-7,9,11-12H,4-5,8,10H2,1-3H3,(H,18,20)(H,21,22). The second-order valence-corrected chi connectivity index (χ2v) is 6.37. The molecule has 1 aliphatic heterocycles. The summed E-state index contributed by atoms with van der Waals surface area (Å²) < 4.78 is 0. The van der Waals surface area contributed by atoms with Crippen LogP contribution in [0.3, 0.4) is 0 Å². The number of anilines is 2. The van der Waals surface area contributed by atoms with E-state index in [4.69, 9.17) is 0 Å². The van der Waals surface area contributed by atoms with Crippen molar-refractivity contribution in [3.05, 3.63) is 23.8 Å². The van der Waals surface area contributed by atoms with Crippen molar-refractivity contribution in [1.82, 2.24) is 0 Å². The quantitative estimate of drug-likeness (QED) is 0.896. The summed E-state index contributed by atoms with van der Waals surface area (Å²) in [6.07, 6.45) is 2.33. The van der Waals surface area contributed by atoms with E-state index in [9.17, 15) is 14.7 Å². The molecule has 1 heterocycles. The first-order valence-corrected chi connectivity index (χ1v) is 7.81. The van der Waals surface area contributed by atoms with E-state index < -0.39 is 5.97 Å². The van der Waals surface area contributed by atoms with Crippen molar-refractivity contribution >= 4 is 23.3 Å². The van der Waals surface area contributed by atoms with Crippen molar-refractivity contribution in [1.29, 1.82) is 0 Å². The average Bonchev–Trinajstić information content (AvgIpc) is 2.47. The normalized spacial score (nSPS) is 18.4. The number of piperidine rings is 1. The van der Waals surface area contributed by atoms with Gasteiger partial charge in [-0.3, -0.25) is 4.79 Å². The molecule has 0 spiro atoms. The molecule has 1 amide bonds. The lowest BCUT2D eigenvalue weighted by molar-refractivity contribution is -0.118. The highest BCUT2D eigenvalue weighted by Crippen LogP contribution is 2.27. The molecule has 1 aromatic rings. The highest BCUT2D eigenvalue weighted by Gasteiger charge is 2.20. The largest absolute Gasteiger partial charge is 0.478 e. The minimum atomic E-state index is -1.02. The van der Waals surface area contributed by atoms with E-state index in [2.05, 4.69) is 17.1 Å². The minimum Gasteiger partial charge on any atom is -0.478 e. The van der Waals surface area contributed by atoms with Crippen LogP contribution in [-0.2, 0) is 4.79 Å². The number of carbonyl (C=O) groups is 2. The van der Waals surface area contributed by atoms with Crippen LogP contribution in [0.2, 0.25) is 0 Å². The number of hydrogen-bond acceptors (Lipinski definition) is 3. The van der Waals surface area contributed by atoms with Gasteiger partial charge in [0.2, 0.25) is 5.91 Å². The highest BCUT2D eigenvalue weighted by molar-refractivity contribution is 6.01. The Morgan fingerprint density at radius 2 is 2.09 bits per heavy atom. The van der Waals surface area contributed by atoms with Crippen LogP contribution in [-0.4, -0.2) is 30.1 Å². The van der Waals surface area contributed by atoms with Crippen LogP contribution in [0.4, 0.5) is 11.4 Å². The number of benzene rings is 1. The lowest BCUT2D eigenvalue weighted by Gasteiger charge is -2.33. The molecule has 0 saturated carbocycles. The maximum Gasteiger partial charge on any atom is 0.337 e. The number of nitrogens with one attached hydrogen (secondary N) is 1. The van der Waals surface area contributed by atoms with Gasteiger partial charge in [-0.2, -0.15) is 0 Å². The molecule has 5 nitrogen and oxygen atoms in total. The number of carboxylic acids is 1. The maximum atomic E-state index is 11.8. The predicted octanol–water partition coefficient (Wildman–Crippen LogP) is 3.22. The van der Waals surface area contributed by atoms with Gasteiger partial charge in [-0.15, -0.1) is 0 Å². The Morgan fingerprint density at radius 3 is 2.68 bits per heavy atom. The van der Waals surface area contributed by atoms with Crippen molar-refractivity contribution < 1.29 is 14.7 Å². The average molecular weight is 304 g/mol. The third kappa shape index (κ3) is 3.78. The molecule has 1 aliphatic rings. The second-order valence-electron chi connectivity index (χ2n) is 6.37. The molecule has 1 fully saturated rings. The van der Waals surface area contributed by atoms with E-state index in [1.165, 1.54) is 6.42 Å². The Labute approximate surface area is 131 Å². The Morgan fingerprint density at radius 1 is 1.36 bits per heavy atom. The van der Waals surface area contributed by atoms with Crippen LogP contribution in [0.1, 0.15) is 44.0 Å². The van der Waals surface area contributed by atoms with Gasteiger partial charge in [0.05, 0.1) is 11.3 Å². The molecule has 120 valence electrons. The summed E-state index contributed by atoms with van der Waals surface area (Å²) >= 11 is 0. The van der Waals surface area contributed by atoms with Crippen LogP contribution in [0.5, 0.6) is 0 Å². The van der Waals surface area contributed by atoms with E-state index >= 15 is 0 Å². The third-order valence-electron chi connectivity index (χ3n) is 4.04. The van der Waals surface area contributed by atoms with Gasteiger partial charge < -0.3 is 15.3 Å². The maximum absolute atomic E-state index is 11.8. The summed E-state index contributed by atoms with van der Waals surface area (Å²) in [6.45, 7) is 7.65. The van der Waals surface area contributed by atoms with Crippen LogP contribution in [0.25, 0.3) is 0 Å². The number of hydrogen-bond donors (Lipinski definition) is 2. The zero-order valence-corrected chi connectivity index (χ0v) is 13.4. The fraction of sp³-hybridized carbons (Fsp3) is 0.529. The van der Waals surface area contributed by atoms with Gasteiger partial charge in [-0.1, -0.05) is 20.8 Å². The summed E-state index contributed by atoms with van der Waals surface area (Å²) in [7, 11) is 0. The molecule has 1 aromatic carbocycles. The van der Waals surface area contributed by atoms with E-state index in [0.717, 1.165) is 25.2 Å². The van der Waals surface area contributed by atoms with E-state index in [0.29, 0.717) is 11.6 Å². The van der Waals surface area contributed by atoms with Crippen molar-refractivity contribution in [2.75, 3.05) is 23.3 Å². The summed E-state index contributed by atoms with van der Waals surface area (Å²) in [4.78, 5) is 25.5. The Balaban J connectivity index is 2.26. The number of carbonyl (C=O) groups excluding carboxylic acids is 1. The predicted molar refractivity (Wildman–Crippen MR) is 87.5 cm³/mol. The highest BCUT2D eigenvalue weighted by atomic mass is 16.4.